The monoisotopic (exact) mass is 386 g/mol. The number of benzene rings is 1. The first-order chi connectivity index (χ1) is 13.1. The van der Waals surface area contributed by atoms with E-state index in [1.807, 2.05) is 13.1 Å². The largest absolute Gasteiger partial charge is 0.360 e. The number of guanidine groups is 1. The van der Waals surface area contributed by atoms with Crippen LogP contribution in [0, 0.1) is 6.92 Å². The van der Waals surface area contributed by atoms with Crippen LogP contribution in [0.5, 0.6) is 0 Å². The van der Waals surface area contributed by atoms with Crippen LogP contribution in [0.25, 0.3) is 0 Å². The number of hydrogen-bond acceptors (Lipinski definition) is 5. The maximum absolute atomic E-state index is 11.5. The fourth-order valence-electron chi connectivity index (χ4n) is 2.83. The van der Waals surface area contributed by atoms with E-state index >= 15 is 0 Å². The van der Waals surface area contributed by atoms with E-state index in [0.29, 0.717) is 26.2 Å². The number of hydrogen-bond donors (Lipinski definition) is 3. The highest BCUT2D eigenvalue weighted by Gasteiger charge is 2.16. The summed E-state index contributed by atoms with van der Waals surface area (Å²) in [7, 11) is 0. The molecule has 0 atom stereocenters. The van der Waals surface area contributed by atoms with E-state index in [1.165, 1.54) is 4.88 Å². The number of anilines is 1. The molecule has 27 heavy (non-hydrogen) atoms. The van der Waals surface area contributed by atoms with E-state index in [1.54, 1.807) is 11.3 Å². The van der Waals surface area contributed by atoms with Gasteiger partial charge < -0.3 is 20.9 Å². The third kappa shape index (κ3) is 5.68. The predicted octanol–water partition coefficient (Wildman–Crippen LogP) is 1.64. The standard InChI is InChI=1S/C19H26N6OS/c1-3-20-19(24-12-18-22-10-14(2)27-18)23-11-15-4-6-16(7-5-15)25-9-8-21-17(26)13-25/h4-7,10H,3,8-9,11-13H2,1-2H3,(H,21,26)(H2,20,23,24). The average Bonchev–Trinajstić information content (AvgIpc) is 3.10. The second kappa shape index (κ2) is 9.36. The minimum atomic E-state index is 0.0757. The van der Waals surface area contributed by atoms with Crippen LogP contribution >= 0.6 is 11.3 Å². The van der Waals surface area contributed by atoms with Crippen molar-refractivity contribution < 1.29 is 4.79 Å². The molecule has 2 aromatic rings. The molecule has 0 aliphatic carbocycles. The van der Waals surface area contributed by atoms with Gasteiger partial charge in [0.25, 0.3) is 0 Å². The molecule has 1 saturated heterocycles. The van der Waals surface area contributed by atoms with E-state index in [0.717, 1.165) is 35.3 Å². The van der Waals surface area contributed by atoms with Gasteiger partial charge in [0, 0.05) is 36.4 Å². The van der Waals surface area contributed by atoms with Crippen LogP contribution in [0.2, 0.25) is 0 Å². The molecule has 0 saturated carbocycles. The van der Waals surface area contributed by atoms with Gasteiger partial charge >= 0.3 is 0 Å². The van der Waals surface area contributed by atoms with Gasteiger partial charge in [-0.15, -0.1) is 11.3 Å². The Hall–Kier alpha value is -2.61. The Morgan fingerprint density at radius 3 is 2.81 bits per heavy atom. The lowest BCUT2D eigenvalue weighted by molar-refractivity contribution is -0.120. The van der Waals surface area contributed by atoms with Gasteiger partial charge in [0.05, 0.1) is 19.6 Å². The van der Waals surface area contributed by atoms with Crippen molar-refractivity contribution in [2.45, 2.75) is 26.9 Å². The predicted molar refractivity (Wildman–Crippen MR) is 110 cm³/mol. The minimum Gasteiger partial charge on any atom is -0.360 e. The van der Waals surface area contributed by atoms with E-state index in [2.05, 4.69) is 62.0 Å². The highest BCUT2D eigenvalue weighted by atomic mass is 32.1. The molecular weight excluding hydrogens is 360 g/mol. The Balaban J connectivity index is 1.57. The third-order valence-electron chi connectivity index (χ3n) is 4.18. The maximum atomic E-state index is 11.5. The van der Waals surface area contributed by atoms with Crippen LogP contribution in [0.3, 0.4) is 0 Å². The molecule has 0 radical (unpaired) electrons. The van der Waals surface area contributed by atoms with Crippen molar-refractivity contribution in [1.29, 1.82) is 0 Å². The second-order valence-electron chi connectivity index (χ2n) is 6.35. The molecule has 0 bridgehead atoms. The number of carbonyl (C=O) groups is 1. The number of amides is 1. The van der Waals surface area contributed by atoms with Crippen molar-refractivity contribution in [3.63, 3.8) is 0 Å². The average molecular weight is 387 g/mol. The van der Waals surface area contributed by atoms with Crippen LogP contribution < -0.4 is 20.9 Å². The molecule has 0 spiro atoms. The van der Waals surface area contributed by atoms with Crippen molar-refractivity contribution in [3.8, 4) is 0 Å². The number of nitrogens with zero attached hydrogens (tertiary/aromatic N) is 3. The molecule has 3 rings (SSSR count). The van der Waals surface area contributed by atoms with Crippen molar-refractivity contribution in [2.24, 2.45) is 4.99 Å². The first-order valence-electron chi connectivity index (χ1n) is 9.18. The molecule has 0 unspecified atom stereocenters. The van der Waals surface area contributed by atoms with Gasteiger partial charge in [-0.05, 0) is 31.5 Å². The number of thiazole rings is 1. The number of aromatic nitrogens is 1. The lowest BCUT2D eigenvalue weighted by Gasteiger charge is -2.28. The molecule has 1 amide bonds. The lowest BCUT2D eigenvalue weighted by atomic mass is 10.2. The highest BCUT2D eigenvalue weighted by molar-refractivity contribution is 7.11. The summed E-state index contributed by atoms with van der Waals surface area (Å²) in [4.78, 5) is 23.8. The molecule has 3 N–H and O–H groups in total. The minimum absolute atomic E-state index is 0.0757. The second-order valence-corrected chi connectivity index (χ2v) is 7.67. The number of rotatable bonds is 6. The lowest BCUT2D eigenvalue weighted by Crippen LogP contribution is -2.47. The van der Waals surface area contributed by atoms with E-state index in [9.17, 15) is 4.79 Å². The maximum Gasteiger partial charge on any atom is 0.239 e. The molecule has 1 aliphatic heterocycles. The van der Waals surface area contributed by atoms with Crippen molar-refractivity contribution in [1.82, 2.24) is 20.9 Å². The molecular formula is C19H26N6OS. The molecule has 1 aromatic heterocycles. The van der Waals surface area contributed by atoms with Gasteiger partial charge in [-0.25, -0.2) is 9.98 Å². The first kappa shape index (κ1) is 19.2. The SMILES string of the molecule is CCNC(=NCc1ccc(N2CCNC(=O)C2)cc1)NCc1ncc(C)s1. The zero-order valence-electron chi connectivity index (χ0n) is 15.8. The molecule has 1 fully saturated rings. The normalized spacial score (nSPS) is 14.8. The van der Waals surface area contributed by atoms with Crippen molar-refractivity contribution in [2.75, 3.05) is 31.1 Å². The zero-order valence-corrected chi connectivity index (χ0v) is 16.6. The van der Waals surface area contributed by atoms with Gasteiger partial charge in [-0.3, -0.25) is 4.79 Å². The number of aryl methyl sites for hydroxylation is 1. The summed E-state index contributed by atoms with van der Waals surface area (Å²) in [5.41, 5.74) is 2.20. The zero-order chi connectivity index (χ0) is 19.1. The Bertz CT molecular complexity index is 786. The Labute approximate surface area is 163 Å². The van der Waals surface area contributed by atoms with Crippen molar-refractivity contribution >= 4 is 28.9 Å². The highest BCUT2D eigenvalue weighted by Crippen LogP contribution is 2.16. The quantitative estimate of drug-likeness (QED) is 0.519. The van der Waals surface area contributed by atoms with E-state index in [-0.39, 0.29) is 5.91 Å². The number of aliphatic imine (C=N–C) groups is 1. The summed E-state index contributed by atoms with van der Waals surface area (Å²) < 4.78 is 0. The van der Waals surface area contributed by atoms with Gasteiger partial charge in [-0.2, -0.15) is 0 Å². The van der Waals surface area contributed by atoms with E-state index in [4.69, 9.17) is 0 Å². The number of piperazine rings is 1. The third-order valence-corrected chi connectivity index (χ3v) is 5.09. The Morgan fingerprint density at radius 2 is 2.15 bits per heavy atom. The summed E-state index contributed by atoms with van der Waals surface area (Å²) in [5, 5.41) is 10.5. The summed E-state index contributed by atoms with van der Waals surface area (Å²) in [6.45, 7) is 8.12. The van der Waals surface area contributed by atoms with Gasteiger partial charge in [0.1, 0.15) is 5.01 Å². The van der Waals surface area contributed by atoms with Crippen LogP contribution in [0.1, 0.15) is 22.4 Å². The molecule has 8 heteroatoms. The fraction of sp³-hybridized carbons (Fsp3) is 0.421. The van der Waals surface area contributed by atoms with Crippen LogP contribution in [-0.4, -0.2) is 43.0 Å². The summed E-state index contributed by atoms with van der Waals surface area (Å²) in [6, 6.07) is 8.25. The number of carbonyl (C=O) groups excluding carboxylic acids is 1. The van der Waals surface area contributed by atoms with Crippen LogP contribution in [0.4, 0.5) is 5.69 Å². The van der Waals surface area contributed by atoms with Crippen molar-refractivity contribution in [3.05, 3.63) is 45.9 Å². The Kier molecular flexibility index (Phi) is 6.64. The smallest absolute Gasteiger partial charge is 0.239 e. The van der Waals surface area contributed by atoms with E-state index < -0.39 is 0 Å². The topological polar surface area (TPSA) is 81.7 Å². The molecule has 1 aliphatic rings. The Morgan fingerprint density at radius 1 is 1.33 bits per heavy atom. The molecule has 144 valence electrons. The van der Waals surface area contributed by atoms with Gasteiger partial charge in [0.2, 0.25) is 5.91 Å². The van der Waals surface area contributed by atoms with Crippen LogP contribution in [0.15, 0.2) is 35.5 Å². The fourth-order valence-corrected chi connectivity index (χ4v) is 3.55. The molecule has 1 aromatic carbocycles. The molecule has 7 nitrogen and oxygen atoms in total. The summed E-state index contributed by atoms with van der Waals surface area (Å²) in [5.74, 6) is 0.855. The summed E-state index contributed by atoms with van der Waals surface area (Å²) in [6.07, 6.45) is 1.89. The summed E-state index contributed by atoms with van der Waals surface area (Å²) >= 11 is 1.69. The van der Waals surface area contributed by atoms with Gasteiger partial charge in [0.15, 0.2) is 5.96 Å². The van der Waals surface area contributed by atoms with Crippen LogP contribution in [-0.2, 0) is 17.9 Å². The van der Waals surface area contributed by atoms with Gasteiger partial charge in [-0.1, -0.05) is 12.1 Å². The first-order valence-corrected chi connectivity index (χ1v) is 10.00. The number of nitrogens with one attached hydrogen (secondary N) is 3. The molecule has 2 heterocycles.